The summed E-state index contributed by atoms with van der Waals surface area (Å²) in [5.74, 6) is 0. The summed E-state index contributed by atoms with van der Waals surface area (Å²) in [4.78, 5) is 0. The first-order chi connectivity index (χ1) is 2.91. The van der Waals surface area contributed by atoms with E-state index in [-0.39, 0.29) is 12.4 Å². The van der Waals surface area contributed by atoms with Gasteiger partial charge in [-0.2, -0.15) is 0 Å². The van der Waals surface area contributed by atoms with Crippen molar-refractivity contribution in [1.82, 2.24) is 0 Å². The van der Waals surface area contributed by atoms with Crippen molar-refractivity contribution < 1.29 is 3.83 Å². The largest absolute Gasteiger partial charge is 0.308 e. The molecule has 0 saturated heterocycles. The summed E-state index contributed by atoms with van der Waals surface area (Å²) < 4.78 is 4.59. The van der Waals surface area contributed by atoms with Crippen LogP contribution in [0.2, 0.25) is 0 Å². The molecule has 0 amide bonds. The second-order valence-electron chi connectivity index (χ2n) is 1.17. The Hall–Kier alpha value is 0.730. The molecule has 0 heterocycles. The summed E-state index contributed by atoms with van der Waals surface area (Å²) in [6, 6.07) is 0. The summed E-state index contributed by atoms with van der Waals surface area (Å²) in [7, 11) is 0. The molecule has 0 aliphatic rings. The van der Waals surface area contributed by atoms with E-state index in [0.717, 1.165) is 13.0 Å². The standard InChI is InChI=1S/C4H9BrO.ClH/c1-2-3-4-6-5;/h2-4H2,1H3;1H. The van der Waals surface area contributed by atoms with Crippen LogP contribution in [0.4, 0.5) is 0 Å². The highest BCUT2D eigenvalue weighted by atomic mass is 79.9. The topological polar surface area (TPSA) is 9.23 Å². The average Bonchev–Trinajstić information content (AvgIpc) is 1.61. The Morgan fingerprint density at radius 2 is 2.14 bits per heavy atom. The van der Waals surface area contributed by atoms with Crippen molar-refractivity contribution in [2.75, 3.05) is 6.61 Å². The molecule has 46 valence electrons. The van der Waals surface area contributed by atoms with E-state index >= 15 is 0 Å². The van der Waals surface area contributed by atoms with Crippen LogP contribution in [0.15, 0.2) is 0 Å². The first-order valence-electron chi connectivity index (χ1n) is 2.15. The van der Waals surface area contributed by atoms with Crippen molar-refractivity contribution in [1.29, 1.82) is 0 Å². The van der Waals surface area contributed by atoms with Gasteiger partial charge in [-0.15, -0.1) is 12.4 Å². The van der Waals surface area contributed by atoms with E-state index in [2.05, 4.69) is 27.0 Å². The van der Waals surface area contributed by atoms with Crippen LogP contribution >= 0.6 is 28.7 Å². The zero-order chi connectivity index (χ0) is 4.83. The third-order valence-electron chi connectivity index (χ3n) is 0.575. The van der Waals surface area contributed by atoms with Crippen LogP contribution in [0.5, 0.6) is 0 Å². The molecule has 7 heavy (non-hydrogen) atoms. The fourth-order valence-electron chi connectivity index (χ4n) is 0.199. The molecule has 0 radical (unpaired) electrons. The highest BCUT2D eigenvalue weighted by molar-refractivity contribution is 9.06. The van der Waals surface area contributed by atoms with E-state index < -0.39 is 0 Å². The molecule has 0 spiro atoms. The van der Waals surface area contributed by atoms with Gasteiger partial charge in [0, 0.05) is 0 Å². The zero-order valence-corrected chi connectivity index (χ0v) is 6.72. The minimum atomic E-state index is 0. The van der Waals surface area contributed by atoms with E-state index in [1.54, 1.807) is 0 Å². The fraction of sp³-hybridized carbons (Fsp3) is 1.00. The van der Waals surface area contributed by atoms with E-state index in [1.165, 1.54) is 6.42 Å². The van der Waals surface area contributed by atoms with Gasteiger partial charge in [-0.25, -0.2) is 0 Å². The lowest BCUT2D eigenvalue weighted by Crippen LogP contribution is -1.78. The number of halogens is 2. The van der Waals surface area contributed by atoms with Gasteiger partial charge >= 0.3 is 0 Å². The number of rotatable bonds is 3. The molecule has 0 saturated carbocycles. The predicted molar refractivity (Wildman–Crippen MR) is 37.0 cm³/mol. The van der Waals surface area contributed by atoms with Crippen LogP contribution in [-0.2, 0) is 3.83 Å². The zero-order valence-electron chi connectivity index (χ0n) is 4.32. The third-order valence-corrected chi connectivity index (χ3v) is 0.899. The molecule has 0 rings (SSSR count). The maximum atomic E-state index is 4.59. The van der Waals surface area contributed by atoms with Crippen LogP contribution in [-0.4, -0.2) is 6.61 Å². The van der Waals surface area contributed by atoms with Gasteiger partial charge in [0.15, 0.2) is 0 Å². The van der Waals surface area contributed by atoms with E-state index in [0.29, 0.717) is 0 Å². The molecule has 0 atom stereocenters. The Balaban J connectivity index is 0. The maximum absolute atomic E-state index is 4.59. The molecular formula is C4H10BrClO. The minimum Gasteiger partial charge on any atom is -0.308 e. The highest BCUT2D eigenvalue weighted by Crippen LogP contribution is 1.90. The molecule has 0 aromatic heterocycles. The van der Waals surface area contributed by atoms with Crippen molar-refractivity contribution in [3.8, 4) is 0 Å². The fourth-order valence-corrected chi connectivity index (χ4v) is 0.428. The van der Waals surface area contributed by atoms with Crippen LogP contribution in [0.1, 0.15) is 19.8 Å². The first-order valence-corrected chi connectivity index (χ1v) is 2.80. The highest BCUT2D eigenvalue weighted by Gasteiger charge is 1.76. The molecular weight excluding hydrogens is 179 g/mol. The molecule has 0 aliphatic carbocycles. The summed E-state index contributed by atoms with van der Waals surface area (Å²) in [6.07, 6.45) is 2.34. The molecule has 0 aromatic carbocycles. The second-order valence-corrected chi connectivity index (χ2v) is 1.62. The third kappa shape index (κ3) is 10.8. The molecule has 0 fully saturated rings. The monoisotopic (exact) mass is 188 g/mol. The van der Waals surface area contributed by atoms with Crippen LogP contribution < -0.4 is 0 Å². The van der Waals surface area contributed by atoms with Gasteiger partial charge in [0.2, 0.25) is 0 Å². The summed E-state index contributed by atoms with van der Waals surface area (Å²) >= 11 is 2.85. The second kappa shape index (κ2) is 9.88. The van der Waals surface area contributed by atoms with E-state index in [1.807, 2.05) is 0 Å². The van der Waals surface area contributed by atoms with Gasteiger partial charge in [-0.05, 0) is 6.42 Å². The Morgan fingerprint density at radius 1 is 1.57 bits per heavy atom. The quantitative estimate of drug-likeness (QED) is 0.620. The normalized spacial score (nSPS) is 7.71. The Kier molecular flexibility index (Phi) is 15.0. The summed E-state index contributed by atoms with van der Waals surface area (Å²) in [5.41, 5.74) is 0. The number of unbranched alkanes of at least 4 members (excludes halogenated alkanes) is 1. The Labute approximate surface area is 59.3 Å². The molecule has 0 N–H and O–H groups in total. The molecule has 0 unspecified atom stereocenters. The van der Waals surface area contributed by atoms with Crippen molar-refractivity contribution in [3.63, 3.8) is 0 Å². The van der Waals surface area contributed by atoms with Gasteiger partial charge in [-0.1, -0.05) is 13.3 Å². The predicted octanol–water partition coefficient (Wildman–Crippen LogP) is 2.53. The molecule has 1 nitrogen and oxygen atoms in total. The first kappa shape index (κ1) is 10.7. The van der Waals surface area contributed by atoms with Crippen molar-refractivity contribution in [3.05, 3.63) is 0 Å². The molecule has 0 bridgehead atoms. The van der Waals surface area contributed by atoms with Crippen molar-refractivity contribution >= 4 is 28.7 Å². The molecule has 0 aromatic rings. The lowest BCUT2D eigenvalue weighted by atomic mass is 10.4. The average molecular weight is 189 g/mol. The van der Waals surface area contributed by atoms with Gasteiger partial charge in [0.1, 0.15) is 0 Å². The number of hydrogen-bond donors (Lipinski definition) is 0. The number of hydrogen-bond acceptors (Lipinski definition) is 1. The molecule has 3 heteroatoms. The van der Waals surface area contributed by atoms with Gasteiger partial charge in [0.05, 0.1) is 22.9 Å². The summed E-state index contributed by atoms with van der Waals surface area (Å²) in [5, 5.41) is 0. The van der Waals surface area contributed by atoms with Crippen LogP contribution in [0.3, 0.4) is 0 Å². The Morgan fingerprint density at radius 3 is 2.29 bits per heavy atom. The SMILES string of the molecule is CCCCOBr.Cl. The van der Waals surface area contributed by atoms with Crippen LogP contribution in [0, 0.1) is 0 Å². The maximum Gasteiger partial charge on any atom is 0.0987 e. The molecule has 0 aliphatic heterocycles. The van der Waals surface area contributed by atoms with Crippen molar-refractivity contribution in [2.45, 2.75) is 19.8 Å². The van der Waals surface area contributed by atoms with Gasteiger partial charge in [-0.3, -0.25) is 0 Å². The minimum absolute atomic E-state index is 0. The van der Waals surface area contributed by atoms with Gasteiger partial charge < -0.3 is 3.83 Å². The Bertz CT molecular complexity index is 23.7. The lowest BCUT2D eigenvalue weighted by Gasteiger charge is -1.86. The van der Waals surface area contributed by atoms with Gasteiger partial charge in [0.25, 0.3) is 0 Å². The van der Waals surface area contributed by atoms with E-state index in [4.69, 9.17) is 0 Å². The summed E-state index contributed by atoms with van der Waals surface area (Å²) in [6.45, 7) is 2.96. The van der Waals surface area contributed by atoms with Crippen LogP contribution in [0.25, 0.3) is 0 Å². The smallest absolute Gasteiger partial charge is 0.0987 e. The van der Waals surface area contributed by atoms with Crippen molar-refractivity contribution in [2.24, 2.45) is 0 Å². The van der Waals surface area contributed by atoms with E-state index in [9.17, 15) is 0 Å². The lowest BCUT2D eigenvalue weighted by molar-refractivity contribution is 0.383.